The number of hydrogen-bond acceptors (Lipinski definition) is 1. The van der Waals surface area contributed by atoms with E-state index in [2.05, 4.69) is 72.8 Å². The summed E-state index contributed by atoms with van der Waals surface area (Å²) in [5.74, 6) is 0. The first-order valence-corrected chi connectivity index (χ1v) is 6.83. The fourth-order valence-electron chi connectivity index (χ4n) is 1.75. The van der Waals surface area contributed by atoms with Gasteiger partial charge >= 0.3 is 45.2 Å². The second kappa shape index (κ2) is 21.9. The van der Waals surface area contributed by atoms with Crippen molar-refractivity contribution in [2.24, 2.45) is 0 Å². The summed E-state index contributed by atoms with van der Waals surface area (Å²) in [5, 5.41) is 3.29. The van der Waals surface area contributed by atoms with Crippen LogP contribution in [-0.4, -0.2) is 16.8 Å². The van der Waals surface area contributed by atoms with E-state index >= 15 is 0 Å². The molecule has 0 aliphatic carbocycles. The Morgan fingerprint density at radius 2 is 0.905 bits per heavy atom. The van der Waals surface area contributed by atoms with Crippen LogP contribution in [0.3, 0.4) is 0 Å². The van der Waals surface area contributed by atoms with E-state index in [4.69, 9.17) is 18.6 Å². The van der Waals surface area contributed by atoms with Crippen molar-refractivity contribution in [2.45, 2.75) is 53.6 Å². The Morgan fingerprint density at radius 1 is 0.714 bits per heavy atom. The maximum absolute atomic E-state index is 7.50. The van der Waals surface area contributed by atoms with E-state index in [-0.39, 0.29) is 25.1 Å². The fraction of sp³-hybridized carbons (Fsp3) is 0.571. The van der Waals surface area contributed by atoms with Gasteiger partial charge in [-0.25, -0.2) is 0 Å². The van der Waals surface area contributed by atoms with Crippen molar-refractivity contribution >= 4 is 8.07 Å². The predicted octanol–water partition coefficient (Wildman–Crippen LogP) is 3.61. The molecule has 0 saturated carbocycles. The molecule has 0 radical (unpaired) electrons. The molecule has 21 heavy (non-hydrogen) atoms. The molecule has 1 rings (SSSR count). The Bertz CT molecular complexity index is 315. The molecule has 0 aromatic heterocycles. The Morgan fingerprint density at radius 3 is 0.952 bits per heavy atom. The van der Waals surface area contributed by atoms with E-state index in [1.807, 2.05) is 0 Å². The van der Waals surface area contributed by atoms with E-state index in [1.54, 1.807) is 10.6 Å². The van der Waals surface area contributed by atoms with Crippen molar-refractivity contribution < 1.29 is 35.7 Å². The quantitative estimate of drug-likeness (QED) is 0.330. The van der Waals surface area contributed by atoms with Gasteiger partial charge in [0.15, 0.2) is 0 Å². The molecular weight excluding hydrogens is 333 g/mol. The van der Waals surface area contributed by atoms with Crippen LogP contribution < -0.4 is 0 Å². The smallest absolute Gasteiger partial charge is 0 e. The maximum Gasteiger partial charge on any atom is 0 e. The van der Waals surface area contributed by atoms with Crippen molar-refractivity contribution in [3.8, 4) is 0 Å². The van der Waals surface area contributed by atoms with Gasteiger partial charge in [-0.05, 0) is 52.2 Å². The zero-order chi connectivity index (χ0) is 17.5. The van der Waals surface area contributed by atoms with Crippen LogP contribution in [0.4, 0.5) is 0 Å². The van der Waals surface area contributed by atoms with Crippen LogP contribution in [0.2, 0.25) is 0 Å². The van der Waals surface area contributed by atoms with Crippen LogP contribution in [0.15, 0.2) is 10.6 Å². The molecule has 0 aromatic rings. The first kappa shape index (κ1) is 32.5. The molecule has 118 valence electrons. The van der Waals surface area contributed by atoms with Gasteiger partial charge in [0.2, 0.25) is 0 Å². The molecule has 1 aliphatic heterocycles. The minimum atomic E-state index is 0. The summed E-state index contributed by atoms with van der Waals surface area (Å²) in [6.07, 6.45) is 0. The molecule has 0 fully saturated rings. The van der Waals surface area contributed by atoms with Gasteiger partial charge in [0.1, 0.15) is 0 Å². The Balaban J connectivity index is -0.0000000823. The van der Waals surface area contributed by atoms with Gasteiger partial charge in [-0.3, -0.25) is 4.67 Å². The van der Waals surface area contributed by atoms with Crippen LogP contribution in [0.5, 0.6) is 0 Å². The van der Waals surface area contributed by atoms with Gasteiger partial charge in [0, 0.05) is 37.2 Å². The summed E-state index contributed by atoms with van der Waals surface area (Å²) >= 11 is 0. The van der Waals surface area contributed by atoms with Crippen LogP contribution in [0.1, 0.15) is 41.5 Å². The molecule has 0 unspecified atom stereocenters. The zero-order valence-corrected chi connectivity index (χ0v) is 15.0. The molecule has 7 heteroatoms. The van der Waals surface area contributed by atoms with Crippen molar-refractivity contribution in [1.82, 2.24) is 4.67 Å². The zero-order valence-electron chi connectivity index (χ0n) is 13.0. The van der Waals surface area contributed by atoms with Crippen LogP contribution in [0.25, 0.3) is 0 Å². The molecule has 0 N–H and O–H groups in total. The van der Waals surface area contributed by atoms with Crippen molar-refractivity contribution in [3.05, 3.63) is 37.2 Å². The van der Waals surface area contributed by atoms with Gasteiger partial charge in [0.25, 0.3) is 0 Å². The molecule has 0 amide bonds. The van der Waals surface area contributed by atoms with E-state index < -0.39 is 0 Å². The van der Waals surface area contributed by atoms with Crippen molar-refractivity contribution in [1.29, 1.82) is 0 Å². The van der Waals surface area contributed by atoms with Gasteiger partial charge in [-0.1, -0.05) is 0 Å². The summed E-state index contributed by atoms with van der Waals surface area (Å²) in [6, 6.07) is 1.37. The molecule has 5 nitrogen and oxygen atoms in total. The minimum absolute atomic E-state index is 0. The topological polar surface area (TPSA) is 82.8 Å². The number of rotatable bonds is 3. The number of allylic oxidation sites excluding steroid dienone is 2. The van der Waals surface area contributed by atoms with Gasteiger partial charge in [-0.2, -0.15) is 0 Å². The average Bonchev–Trinajstić information content (AvgIpc) is 3.06. The van der Waals surface area contributed by atoms with E-state index in [9.17, 15) is 0 Å². The maximum atomic E-state index is 7.50. The SMILES string of the molecule is CC1=C(C)P1N(C(C)C)C(C)C.[C-]#[O+].[C-]#[O+].[C-]#[O+].[C-]#[O+].[Fe]. The van der Waals surface area contributed by atoms with Crippen molar-refractivity contribution in [3.63, 3.8) is 0 Å². The van der Waals surface area contributed by atoms with Crippen LogP contribution >= 0.6 is 8.07 Å². The second-order valence-electron chi connectivity index (χ2n) is 4.05. The second-order valence-corrected chi connectivity index (χ2v) is 6.48. The average molecular weight is 353 g/mol. The molecule has 1 aliphatic rings. The Hall–Kier alpha value is -0.391. The first-order valence-electron chi connectivity index (χ1n) is 5.54. The standard InChI is InChI=1S/C10H20NP.4CO.Fe/c1-7(2)11(8(3)4)12-9(5)10(12)6;4*1-2;/h7-8H,1-6H3;;;;;. The molecule has 0 bridgehead atoms. The van der Waals surface area contributed by atoms with Crippen LogP contribution in [-0.2, 0) is 35.7 Å². The third-order valence-corrected chi connectivity index (χ3v) is 5.50. The van der Waals surface area contributed by atoms with E-state index in [1.165, 1.54) is 0 Å². The molecule has 1 heterocycles. The Labute approximate surface area is 139 Å². The third kappa shape index (κ3) is 13.0. The number of nitrogens with zero attached hydrogens (tertiary/aromatic N) is 1. The number of hydrogen-bond donors (Lipinski definition) is 0. The monoisotopic (exact) mass is 353 g/mol. The van der Waals surface area contributed by atoms with Gasteiger partial charge < -0.3 is 0 Å². The predicted molar refractivity (Wildman–Crippen MR) is 73.1 cm³/mol. The molecule has 0 atom stereocenters. The van der Waals surface area contributed by atoms with E-state index in [0.717, 1.165) is 0 Å². The largest absolute Gasteiger partial charge is 0 e. The van der Waals surface area contributed by atoms with Crippen molar-refractivity contribution in [2.75, 3.05) is 0 Å². The van der Waals surface area contributed by atoms with Crippen LogP contribution in [0, 0.1) is 26.6 Å². The normalized spacial score (nSPS) is 11.1. The van der Waals surface area contributed by atoms with Gasteiger partial charge in [0.05, 0.1) is 0 Å². The first-order chi connectivity index (χ1) is 9.46. The molecule has 0 aromatic carbocycles. The van der Waals surface area contributed by atoms with E-state index in [0.29, 0.717) is 12.1 Å². The fourth-order valence-corrected chi connectivity index (χ4v) is 4.19. The summed E-state index contributed by atoms with van der Waals surface area (Å²) in [4.78, 5) is 0. The summed E-state index contributed by atoms with van der Waals surface area (Å²) in [7, 11) is 0.0514. The molecule has 0 saturated heterocycles. The summed E-state index contributed by atoms with van der Waals surface area (Å²) in [6.45, 7) is 31.7. The minimum Gasteiger partial charge on any atom is 0 e. The summed E-state index contributed by atoms with van der Waals surface area (Å²) in [5.41, 5.74) is 0. The third-order valence-electron chi connectivity index (χ3n) is 2.40. The molecular formula is C14H20FeNO4P. The summed E-state index contributed by atoms with van der Waals surface area (Å²) < 4.78 is 32.6. The molecule has 0 spiro atoms. The Kier molecular flexibility index (Phi) is 33.9. The van der Waals surface area contributed by atoms with Gasteiger partial charge in [-0.15, -0.1) is 0 Å².